The summed E-state index contributed by atoms with van der Waals surface area (Å²) in [6, 6.07) is 21.6. The molecule has 2 fully saturated rings. The van der Waals surface area contributed by atoms with E-state index in [9.17, 15) is 8.42 Å². The van der Waals surface area contributed by atoms with Crippen molar-refractivity contribution in [3.8, 4) is 0 Å². The molecule has 33 heavy (non-hydrogen) atoms. The van der Waals surface area contributed by atoms with Gasteiger partial charge in [0, 0.05) is 31.1 Å². The molecule has 180 valence electrons. The van der Waals surface area contributed by atoms with E-state index in [4.69, 9.17) is 4.74 Å². The third-order valence-electron chi connectivity index (χ3n) is 7.45. The molecule has 2 aromatic carbocycles. The van der Waals surface area contributed by atoms with Crippen LogP contribution in [0.2, 0.25) is 0 Å². The molecule has 1 N–H and O–H groups in total. The first-order valence-corrected chi connectivity index (χ1v) is 14.2. The van der Waals surface area contributed by atoms with Gasteiger partial charge in [-0.3, -0.25) is 4.90 Å². The van der Waals surface area contributed by atoms with E-state index in [0.717, 1.165) is 45.2 Å². The zero-order valence-electron chi connectivity index (χ0n) is 19.9. The zero-order chi connectivity index (χ0) is 23.3. The van der Waals surface area contributed by atoms with Gasteiger partial charge in [0.05, 0.1) is 19.0 Å². The minimum Gasteiger partial charge on any atom is -0.378 e. The molecule has 2 aliphatic rings. The van der Waals surface area contributed by atoms with Crippen molar-refractivity contribution in [1.82, 2.24) is 9.62 Å². The monoisotopic (exact) mass is 470 g/mol. The van der Waals surface area contributed by atoms with Gasteiger partial charge in [-0.05, 0) is 56.1 Å². The zero-order valence-corrected chi connectivity index (χ0v) is 20.7. The Morgan fingerprint density at radius 3 is 2.24 bits per heavy atom. The molecule has 1 saturated carbocycles. The Hall–Kier alpha value is -1.73. The Kier molecular flexibility index (Phi) is 8.23. The predicted octanol–water partition coefficient (Wildman–Crippen LogP) is 4.73. The number of nitrogens with one attached hydrogen (secondary N) is 1. The van der Waals surface area contributed by atoms with Crippen molar-refractivity contribution in [2.45, 2.75) is 63.1 Å². The van der Waals surface area contributed by atoms with Crippen LogP contribution in [0, 0.1) is 5.92 Å². The summed E-state index contributed by atoms with van der Waals surface area (Å²) in [7, 11) is -3.25. The highest BCUT2D eigenvalue weighted by molar-refractivity contribution is 7.88. The van der Waals surface area contributed by atoms with Crippen molar-refractivity contribution < 1.29 is 13.2 Å². The van der Waals surface area contributed by atoms with Crippen LogP contribution in [-0.2, 0) is 14.8 Å². The summed E-state index contributed by atoms with van der Waals surface area (Å²) in [5, 5.41) is 0. The maximum Gasteiger partial charge on any atom is 0.208 e. The van der Waals surface area contributed by atoms with Crippen LogP contribution >= 0.6 is 0 Å². The lowest BCUT2D eigenvalue weighted by molar-refractivity contribution is -0.0215. The van der Waals surface area contributed by atoms with Crippen LogP contribution in [0.4, 0.5) is 0 Å². The molecule has 5 nitrogen and oxygen atoms in total. The maximum absolute atomic E-state index is 12.0. The first kappa shape index (κ1) is 24.4. The fourth-order valence-electron chi connectivity index (χ4n) is 5.50. The lowest BCUT2D eigenvalue weighted by Crippen LogP contribution is -2.52. The molecule has 1 saturated heterocycles. The van der Waals surface area contributed by atoms with Crippen LogP contribution in [0.25, 0.3) is 0 Å². The van der Waals surface area contributed by atoms with Gasteiger partial charge in [0.15, 0.2) is 0 Å². The number of rotatable bonds is 8. The number of nitrogens with zero attached hydrogens (tertiary/aromatic N) is 1. The fourth-order valence-corrected chi connectivity index (χ4v) is 6.36. The summed E-state index contributed by atoms with van der Waals surface area (Å²) in [4.78, 5) is 2.47. The molecular formula is C27H38N2O3S. The van der Waals surface area contributed by atoms with Gasteiger partial charge in [-0.1, -0.05) is 60.7 Å². The Bertz CT molecular complexity index is 959. The average Bonchev–Trinajstić information content (AvgIpc) is 2.83. The van der Waals surface area contributed by atoms with Crippen molar-refractivity contribution >= 4 is 10.0 Å². The number of benzene rings is 2. The van der Waals surface area contributed by atoms with Crippen LogP contribution in [0.3, 0.4) is 0 Å². The standard InChI is InChI=1S/C27H38N2O3S/c1-21(22-9-5-3-6-10-22)29-18-17-27(28-33(2,30)31)25(19-29)20-32-26-15-13-24(14-16-26)23-11-7-4-8-12-23/h3-12,21,24-28H,13-20H2,1-2H3/t21-,24?,25?,26?,27-/m0/s1. The van der Waals surface area contributed by atoms with Crippen molar-refractivity contribution in [2.75, 3.05) is 26.0 Å². The molecule has 0 spiro atoms. The van der Waals surface area contributed by atoms with Crippen LogP contribution in [0.5, 0.6) is 0 Å². The van der Waals surface area contributed by atoms with Gasteiger partial charge >= 0.3 is 0 Å². The van der Waals surface area contributed by atoms with Crippen LogP contribution in [0.1, 0.15) is 62.1 Å². The molecule has 3 atom stereocenters. The van der Waals surface area contributed by atoms with E-state index in [1.54, 1.807) is 0 Å². The summed E-state index contributed by atoms with van der Waals surface area (Å²) in [6.45, 7) is 4.55. The maximum atomic E-state index is 12.0. The average molecular weight is 471 g/mol. The highest BCUT2D eigenvalue weighted by Gasteiger charge is 2.34. The van der Waals surface area contributed by atoms with Crippen LogP contribution < -0.4 is 4.72 Å². The van der Waals surface area contributed by atoms with E-state index < -0.39 is 10.0 Å². The molecule has 0 aromatic heterocycles. The predicted molar refractivity (Wildman–Crippen MR) is 134 cm³/mol. The third kappa shape index (κ3) is 6.89. The normalized spacial score (nSPS) is 27.8. The Labute approximate surface area is 199 Å². The number of hydrogen-bond acceptors (Lipinski definition) is 4. The molecule has 2 aromatic rings. The molecular weight excluding hydrogens is 432 g/mol. The van der Waals surface area contributed by atoms with Gasteiger partial charge in [-0.2, -0.15) is 0 Å². The van der Waals surface area contributed by atoms with Gasteiger partial charge in [0.1, 0.15) is 0 Å². The number of piperidine rings is 1. The lowest BCUT2D eigenvalue weighted by Gasteiger charge is -2.42. The summed E-state index contributed by atoms with van der Waals surface area (Å²) in [5.41, 5.74) is 2.73. The smallest absolute Gasteiger partial charge is 0.208 e. The molecule has 1 aliphatic carbocycles. The molecule has 1 unspecified atom stereocenters. The van der Waals surface area contributed by atoms with Gasteiger partial charge in [-0.25, -0.2) is 13.1 Å². The van der Waals surface area contributed by atoms with Crippen molar-refractivity contribution in [3.05, 3.63) is 71.8 Å². The lowest BCUT2D eigenvalue weighted by atomic mass is 9.82. The van der Waals surface area contributed by atoms with Gasteiger partial charge in [0.25, 0.3) is 0 Å². The largest absolute Gasteiger partial charge is 0.378 e. The highest BCUT2D eigenvalue weighted by atomic mass is 32.2. The van der Waals surface area contributed by atoms with Crippen molar-refractivity contribution in [3.63, 3.8) is 0 Å². The van der Waals surface area contributed by atoms with Gasteiger partial charge < -0.3 is 4.74 Å². The minimum absolute atomic E-state index is 0.0696. The quantitative estimate of drug-likeness (QED) is 0.606. The number of sulfonamides is 1. The summed E-state index contributed by atoms with van der Waals surface area (Å²) in [6.07, 6.45) is 6.78. The Balaban J connectivity index is 1.35. The molecule has 1 heterocycles. The van der Waals surface area contributed by atoms with Crippen LogP contribution in [-0.4, -0.2) is 51.4 Å². The minimum atomic E-state index is -3.25. The summed E-state index contributed by atoms with van der Waals surface area (Å²) < 4.78 is 33.3. The molecule has 0 amide bonds. The first-order chi connectivity index (χ1) is 15.9. The molecule has 0 bridgehead atoms. The number of ether oxygens (including phenoxy) is 1. The number of likely N-dealkylation sites (tertiary alicyclic amines) is 1. The third-order valence-corrected chi connectivity index (χ3v) is 8.18. The second-order valence-electron chi connectivity index (χ2n) is 9.84. The van der Waals surface area contributed by atoms with Gasteiger partial charge in [0.2, 0.25) is 10.0 Å². The van der Waals surface area contributed by atoms with E-state index in [-0.39, 0.29) is 18.1 Å². The fraction of sp³-hybridized carbons (Fsp3) is 0.556. The molecule has 6 heteroatoms. The van der Waals surface area contributed by atoms with Crippen LogP contribution in [0.15, 0.2) is 60.7 Å². The second kappa shape index (κ2) is 11.1. The summed E-state index contributed by atoms with van der Waals surface area (Å²) >= 11 is 0. The topological polar surface area (TPSA) is 58.6 Å². The van der Waals surface area contributed by atoms with Crippen molar-refractivity contribution in [2.24, 2.45) is 5.92 Å². The first-order valence-electron chi connectivity index (χ1n) is 12.3. The van der Waals surface area contributed by atoms with E-state index in [1.165, 1.54) is 17.4 Å². The number of hydrogen-bond donors (Lipinski definition) is 1. The van der Waals surface area contributed by atoms with Gasteiger partial charge in [-0.15, -0.1) is 0 Å². The van der Waals surface area contributed by atoms with E-state index in [0.29, 0.717) is 18.6 Å². The van der Waals surface area contributed by atoms with E-state index >= 15 is 0 Å². The van der Waals surface area contributed by atoms with E-state index in [2.05, 4.69) is 71.1 Å². The van der Waals surface area contributed by atoms with E-state index in [1.807, 2.05) is 6.07 Å². The molecule has 4 rings (SSSR count). The van der Waals surface area contributed by atoms with Crippen molar-refractivity contribution in [1.29, 1.82) is 0 Å². The SMILES string of the molecule is C[C@@H](c1ccccc1)N1CC[C@H](NS(C)(=O)=O)C(COC2CCC(c3ccccc3)CC2)C1. The second-order valence-corrected chi connectivity index (χ2v) is 11.6. The summed E-state index contributed by atoms with van der Waals surface area (Å²) in [5.74, 6) is 0.772. The molecule has 1 aliphatic heterocycles. The highest BCUT2D eigenvalue weighted by Crippen LogP contribution is 2.34. The molecule has 0 radical (unpaired) electrons. The Morgan fingerprint density at radius 1 is 0.970 bits per heavy atom. The Morgan fingerprint density at radius 2 is 1.61 bits per heavy atom.